The van der Waals surface area contributed by atoms with Gasteiger partial charge in [-0.05, 0) is 151 Å². The molecule has 6 N–H and O–H groups in total. The molecule has 4 atom stereocenters. The second-order valence-electron chi connectivity index (χ2n) is 29.4. The predicted molar refractivity (Wildman–Crippen MR) is 455 cm³/mol. The average molecular weight is 2340 g/mol. The molecule has 0 saturated carbocycles. The number of rotatable bonds is 17. The van der Waals surface area contributed by atoms with Crippen molar-refractivity contribution < 1.29 is 125 Å². The fraction of sp³-hybridized carbons (Fsp3) is 0.348. The quantitative estimate of drug-likeness (QED) is 0.0280. The normalized spacial score (nSPS) is 11.5. The van der Waals surface area contributed by atoms with Crippen LogP contribution in [0.5, 0.6) is 5.75 Å². The summed E-state index contributed by atoms with van der Waals surface area (Å²) < 4.78 is 8.88. The number of aromatic carboxylic acids is 1. The molecule has 10 aromatic heterocycles. The van der Waals surface area contributed by atoms with Crippen molar-refractivity contribution in [3.8, 4) is 73.4 Å². The van der Waals surface area contributed by atoms with E-state index in [-0.39, 0.29) is 109 Å². The van der Waals surface area contributed by atoms with Crippen LogP contribution in [0.2, 0.25) is 0 Å². The molecule has 4 radical (unpaired) electrons. The summed E-state index contributed by atoms with van der Waals surface area (Å²) in [5.41, 5.74) is 23.3. The maximum Gasteiger partial charge on any atom is 0.354 e. The Kier molecular flexibility index (Phi) is 50.7. The van der Waals surface area contributed by atoms with Gasteiger partial charge in [-0.15, -0.1) is 70.3 Å². The van der Waals surface area contributed by atoms with Crippen molar-refractivity contribution >= 4 is 12.2 Å². The summed E-state index contributed by atoms with van der Waals surface area (Å²) in [7, 11) is 4.38. The van der Waals surface area contributed by atoms with Gasteiger partial charge in [-0.2, -0.15) is 0 Å². The SMILES string of the molecule is CC(C)(C)c1cc(-c2[c-]ccnc2)ncn1.CC(O)CC(O)C(C)(C)C.CCCc1ncc[c-]c1-c1cc(-c2c(C)cccc2C)ncn1.CN=Cc1ccccc1O.COC(O)CC(O)OC.Cc1[c-]c(-c2cc(-c3nc(C)ccc3C)ncn2)c(C)nc1.Cc1c[c-]c(-c2cc(C(C)C)ncn2)c(C)n1.O=C(O)c1ccccn1.[Ir].[Ir].[Ir].[Ir]. The van der Waals surface area contributed by atoms with E-state index in [0.29, 0.717) is 12.3 Å². The van der Waals surface area contributed by atoms with Crippen molar-refractivity contribution in [3.05, 3.63) is 269 Å². The Hall–Kier alpha value is -9.04. The van der Waals surface area contributed by atoms with Crippen molar-refractivity contribution in [1.82, 2.24) is 69.8 Å². The minimum absolute atomic E-state index is 0. The number of benzene rings is 2. The van der Waals surface area contributed by atoms with Gasteiger partial charge in [0.25, 0.3) is 0 Å². The van der Waals surface area contributed by atoms with Crippen LogP contribution in [0.3, 0.4) is 0 Å². The zero-order chi connectivity index (χ0) is 85.7. The van der Waals surface area contributed by atoms with Gasteiger partial charge in [0, 0.05) is 154 Å². The Labute approximate surface area is 762 Å². The van der Waals surface area contributed by atoms with Crippen molar-refractivity contribution in [1.29, 1.82) is 0 Å². The number of para-hydroxylation sites is 1. The van der Waals surface area contributed by atoms with Gasteiger partial charge in [0.05, 0.1) is 29.3 Å². The molecule has 0 aliphatic rings. The number of aliphatic hydroxyl groups excluding tert-OH is 4. The summed E-state index contributed by atoms with van der Waals surface area (Å²) in [6, 6.07) is 48.7. The number of hydrogen-bond donors (Lipinski definition) is 6. The zero-order valence-corrected chi connectivity index (χ0v) is 81.5. The van der Waals surface area contributed by atoms with Gasteiger partial charge in [0.2, 0.25) is 0 Å². The first-order valence-electron chi connectivity index (χ1n) is 37.9. The molecule has 0 spiro atoms. The predicted octanol–water partition coefficient (Wildman–Crippen LogP) is 16.6. The molecule has 12 aromatic rings. The maximum absolute atomic E-state index is 10.1. The Morgan fingerprint density at radius 3 is 1.68 bits per heavy atom. The number of hydrogen-bond acceptors (Lipinski definition) is 23. The number of phenolic OH excluding ortho intramolecular Hbond substituents is 1. The summed E-state index contributed by atoms with van der Waals surface area (Å²) >= 11 is 0. The molecule has 0 bridgehead atoms. The van der Waals surface area contributed by atoms with Gasteiger partial charge >= 0.3 is 5.97 Å². The molecule has 0 saturated heterocycles. The Morgan fingerprint density at radius 2 is 1.13 bits per heavy atom. The fourth-order valence-electron chi connectivity index (χ4n) is 10.6. The zero-order valence-electron chi connectivity index (χ0n) is 71.9. The van der Waals surface area contributed by atoms with E-state index < -0.39 is 30.8 Å². The van der Waals surface area contributed by atoms with Gasteiger partial charge in [-0.25, -0.2) is 29.7 Å². The van der Waals surface area contributed by atoms with E-state index in [1.54, 1.807) is 94.4 Å². The second-order valence-corrected chi connectivity index (χ2v) is 29.4. The number of aliphatic imine (C=N–C) groups is 1. The third-order valence-electron chi connectivity index (χ3n) is 17.1. The monoisotopic (exact) mass is 2340 g/mol. The molecular weight excluding hydrogens is 2230 g/mol. The molecule has 12 rings (SSSR count). The van der Waals surface area contributed by atoms with E-state index in [1.807, 2.05) is 123 Å². The molecule has 2 aromatic carbocycles. The van der Waals surface area contributed by atoms with Crippen molar-refractivity contribution in [2.75, 3.05) is 21.3 Å². The Balaban J connectivity index is 0.000000700. The molecule has 0 amide bonds. The Bertz CT molecular complexity index is 4930. The maximum atomic E-state index is 10.1. The van der Waals surface area contributed by atoms with E-state index in [1.165, 1.54) is 43.2 Å². The van der Waals surface area contributed by atoms with Gasteiger partial charge in [0.1, 0.15) is 36.8 Å². The molecule has 648 valence electrons. The number of aromatic nitrogens is 14. The van der Waals surface area contributed by atoms with E-state index in [2.05, 4.69) is 188 Å². The first-order valence-corrected chi connectivity index (χ1v) is 37.9. The third-order valence-corrected chi connectivity index (χ3v) is 17.1. The van der Waals surface area contributed by atoms with Gasteiger partial charge in [-0.3, -0.25) is 29.9 Å². The number of carboxylic acid groups (broad SMARTS) is 1. The standard InChI is InChI=1S/C20H20N3.C18H17N4.C14H16N3.C13H14N3.C8H9NO.C8H18O2.C6H5NO2.C5H12O4.4Ir/c1-4-7-17-16(10-6-11-21-17)18-12-19(23-13-22-18)20-14(2)8-5-9-15(20)3;1-11-7-15(14(4)19-9-11)16-8-17(21-10-20-16)18-12(2)5-6-13(3)22-18;1-9(2)13-7-14(16-8-15-13)12-6-5-10(3)17-11(12)4;1-13(2,3)12-7-11(15-9-16-12)10-5-4-6-14-8-10;1-9-6-7-4-2-3-5-8(7)10;1-6(9)5-7(10)8(2,3)4;8-6(9)5-3-1-2-4-7-5;1-8-4(6)3-5(7)9-2;;;;/h5-6,8-9,11-13H,4,7H2,1-3H3;5-6,8-10H,1-4H3;5,7-9H,1-4H3;4,6-9H,1-3H3;2-6,10H,1H3;6-7,9-10H,5H2,1-4H3;1-4H,(H,8,9);4-7H,3H2,1-2H3;;;;/q4*-1;;;;;;;;. The molecule has 0 aliphatic heterocycles. The number of aromatic hydroxyl groups is 1. The van der Waals surface area contributed by atoms with Crippen LogP contribution in [-0.4, -0.2) is 159 Å². The summed E-state index contributed by atoms with van der Waals surface area (Å²) in [5, 5.41) is 53.2. The number of nitrogens with zero attached hydrogens (tertiary/aromatic N) is 15. The molecule has 0 aliphatic carbocycles. The molecule has 0 fully saturated rings. The van der Waals surface area contributed by atoms with Crippen molar-refractivity contribution in [2.45, 2.75) is 186 Å². The van der Waals surface area contributed by atoms with Crippen LogP contribution in [0.15, 0.2) is 177 Å². The van der Waals surface area contributed by atoms with Gasteiger partial charge in [-0.1, -0.05) is 188 Å². The molecule has 10 heterocycles. The Morgan fingerprint density at radius 1 is 0.550 bits per heavy atom. The van der Waals surface area contributed by atoms with Crippen LogP contribution >= 0.6 is 0 Å². The first kappa shape index (κ1) is 109. The van der Waals surface area contributed by atoms with Crippen LogP contribution in [0.1, 0.15) is 173 Å². The van der Waals surface area contributed by atoms with Gasteiger partial charge in [0.15, 0.2) is 12.6 Å². The molecule has 4 unspecified atom stereocenters. The molecule has 28 heteroatoms. The molecule has 120 heavy (non-hydrogen) atoms. The van der Waals surface area contributed by atoms with Crippen molar-refractivity contribution in [2.24, 2.45) is 10.4 Å². The largest absolute Gasteiger partial charge is 0.507 e. The van der Waals surface area contributed by atoms with Crippen LogP contribution in [0, 0.1) is 85.1 Å². The number of pyridine rings is 6. The minimum Gasteiger partial charge on any atom is -0.507 e. The van der Waals surface area contributed by atoms with E-state index in [4.69, 9.17) is 25.5 Å². The number of ether oxygens (including phenoxy) is 2. The van der Waals surface area contributed by atoms with Crippen molar-refractivity contribution in [3.63, 3.8) is 0 Å². The first-order chi connectivity index (χ1) is 55.1. The van der Waals surface area contributed by atoms with Crippen LogP contribution in [0.25, 0.3) is 67.7 Å². The van der Waals surface area contributed by atoms with Crippen LogP contribution in [-0.2, 0) is 102 Å². The number of methoxy groups -OCH3 is 2. The van der Waals surface area contributed by atoms with E-state index in [9.17, 15) is 9.90 Å². The van der Waals surface area contributed by atoms with Crippen LogP contribution < -0.4 is 0 Å². The second kappa shape index (κ2) is 55.8. The number of carboxylic acids is 1. The number of aryl methyl sites for hydroxylation is 9. The summed E-state index contributed by atoms with van der Waals surface area (Å²) in [5.74, 6) is -0.320. The summed E-state index contributed by atoms with van der Waals surface area (Å²) in [6.07, 6.45) is 16.4. The van der Waals surface area contributed by atoms with Gasteiger partial charge < -0.3 is 60.0 Å². The smallest absolute Gasteiger partial charge is 0.354 e. The number of aliphatic hydroxyl groups is 4. The molecular formula is C92H111Ir4N15O9-4. The van der Waals surface area contributed by atoms with E-state index >= 15 is 0 Å². The number of carbonyl (C=O) groups is 1. The fourth-order valence-corrected chi connectivity index (χ4v) is 10.6. The summed E-state index contributed by atoms with van der Waals surface area (Å²) in [6.45, 7) is 36.5. The minimum atomic E-state index is -0.990. The van der Waals surface area contributed by atoms with E-state index in [0.717, 1.165) is 132 Å². The topological polar surface area (TPSA) is 350 Å². The van der Waals surface area contributed by atoms with Crippen LogP contribution in [0.4, 0.5) is 0 Å². The number of phenols is 1. The molecule has 24 nitrogen and oxygen atoms in total. The average Bonchev–Trinajstić information content (AvgIpc) is 0.807. The third kappa shape index (κ3) is 37.5. The summed E-state index contributed by atoms with van der Waals surface area (Å²) in [4.78, 5) is 74.3.